The van der Waals surface area contributed by atoms with Gasteiger partial charge in [0.1, 0.15) is 6.17 Å². The quantitative estimate of drug-likeness (QED) is 0.904. The van der Waals surface area contributed by atoms with E-state index in [1.807, 2.05) is 24.3 Å². The van der Waals surface area contributed by atoms with E-state index in [1.165, 1.54) is 17.4 Å². The molecule has 2 atom stereocenters. The summed E-state index contributed by atoms with van der Waals surface area (Å²) in [6, 6.07) is 7.58. The van der Waals surface area contributed by atoms with Crippen LogP contribution in [0.3, 0.4) is 0 Å². The maximum Gasteiger partial charge on any atom is 0.416 e. The van der Waals surface area contributed by atoms with Crippen molar-refractivity contribution in [3.05, 3.63) is 29.8 Å². The van der Waals surface area contributed by atoms with E-state index in [2.05, 4.69) is 0 Å². The average Bonchev–Trinajstić information content (AvgIpc) is 2.83. The van der Waals surface area contributed by atoms with Crippen molar-refractivity contribution in [1.29, 1.82) is 0 Å². The normalized spacial score (nSPS) is 31.0. The third-order valence-electron chi connectivity index (χ3n) is 4.46. The molecular weight excluding hydrogens is 316 g/mol. The number of ketones is 1. The van der Waals surface area contributed by atoms with Gasteiger partial charge in [-0.15, -0.1) is 0 Å². The summed E-state index contributed by atoms with van der Waals surface area (Å²) in [5.41, 5.74) is 7.76. The zero-order valence-electron chi connectivity index (χ0n) is 12.9. The van der Waals surface area contributed by atoms with Crippen molar-refractivity contribution in [1.82, 2.24) is 0 Å². The first-order chi connectivity index (χ1) is 11.0. The molecule has 2 unspecified atom stereocenters. The van der Waals surface area contributed by atoms with E-state index in [-0.39, 0.29) is 5.78 Å². The van der Waals surface area contributed by atoms with E-state index in [0.29, 0.717) is 11.6 Å². The van der Waals surface area contributed by atoms with Crippen molar-refractivity contribution in [2.75, 3.05) is 16.4 Å². The lowest BCUT2D eigenvalue weighted by Crippen LogP contribution is -2.46. The molecule has 0 aromatic heterocycles. The van der Waals surface area contributed by atoms with Gasteiger partial charge < -0.3 is 10.5 Å². The molecule has 2 saturated heterocycles. The van der Waals surface area contributed by atoms with Crippen molar-refractivity contribution in [3.8, 4) is 0 Å². The second-order valence-electron chi connectivity index (χ2n) is 5.99. The topological polar surface area (TPSA) is 89.7 Å². The summed E-state index contributed by atoms with van der Waals surface area (Å²) in [6.45, 7) is 1.36. The van der Waals surface area contributed by atoms with E-state index >= 15 is 0 Å². The Morgan fingerprint density at radius 1 is 1.26 bits per heavy atom. The fraction of sp³-hybridized carbons (Fsp3) is 0.500. The molecule has 124 valence electrons. The van der Waals surface area contributed by atoms with Gasteiger partial charge in [0.2, 0.25) is 0 Å². The highest BCUT2D eigenvalue weighted by molar-refractivity contribution is 7.85. The Balaban J connectivity index is 1.76. The molecule has 0 spiro atoms. The Bertz CT molecular complexity index is 636. The summed E-state index contributed by atoms with van der Waals surface area (Å²) in [5, 5.41) is 0. The number of rotatable bonds is 3. The van der Waals surface area contributed by atoms with Crippen LogP contribution < -0.4 is 10.6 Å². The molecule has 23 heavy (non-hydrogen) atoms. The molecule has 0 bridgehead atoms. The molecule has 1 aromatic carbocycles. The second kappa shape index (κ2) is 6.41. The number of cyclic esters (lactones) is 1. The maximum absolute atomic E-state index is 12.0. The number of Topliss-reactive ketones (excluding diaryl/α,β-unsaturated/α-hetero) is 1. The average molecular weight is 336 g/mol. The fourth-order valence-electron chi connectivity index (χ4n) is 3.13. The molecule has 2 N–H and O–H groups in total. The Morgan fingerprint density at radius 3 is 2.39 bits per heavy atom. The van der Waals surface area contributed by atoms with Crippen LogP contribution in [0, 0.1) is 0 Å². The molecule has 6 nitrogen and oxygen atoms in total. The zero-order valence-corrected chi connectivity index (χ0v) is 13.8. The Labute approximate surface area is 137 Å². The van der Waals surface area contributed by atoms with Crippen LogP contribution in [0.1, 0.15) is 31.2 Å². The number of carbonyl (C=O) groups excluding carboxylic acids is 2. The van der Waals surface area contributed by atoms with Crippen LogP contribution >= 0.6 is 0 Å². The van der Waals surface area contributed by atoms with Gasteiger partial charge in [-0.25, -0.2) is 4.79 Å². The van der Waals surface area contributed by atoms with Gasteiger partial charge in [0, 0.05) is 28.0 Å². The predicted molar refractivity (Wildman–Crippen MR) is 87.7 cm³/mol. The highest BCUT2D eigenvalue weighted by atomic mass is 32.2. The van der Waals surface area contributed by atoms with Gasteiger partial charge in [-0.3, -0.25) is 13.9 Å². The highest BCUT2D eigenvalue weighted by Crippen LogP contribution is 2.31. The van der Waals surface area contributed by atoms with Gasteiger partial charge >= 0.3 is 6.09 Å². The van der Waals surface area contributed by atoms with Gasteiger partial charge in [-0.2, -0.15) is 0 Å². The first-order valence-corrected chi connectivity index (χ1v) is 9.17. The van der Waals surface area contributed by atoms with Crippen LogP contribution in [0.5, 0.6) is 0 Å². The van der Waals surface area contributed by atoms with Gasteiger partial charge in [-0.1, -0.05) is 12.1 Å². The maximum atomic E-state index is 12.0. The van der Waals surface area contributed by atoms with Gasteiger partial charge in [0.05, 0.1) is 0 Å². The largest absolute Gasteiger partial charge is 0.434 e. The molecule has 2 aliphatic rings. The number of anilines is 1. The van der Waals surface area contributed by atoms with Gasteiger partial charge in [-0.05, 0) is 43.4 Å². The third kappa shape index (κ3) is 3.16. The van der Waals surface area contributed by atoms with Crippen LogP contribution in [0.15, 0.2) is 24.3 Å². The summed E-state index contributed by atoms with van der Waals surface area (Å²) >= 11 is 0. The summed E-state index contributed by atoms with van der Waals surface area (Å²) in [6.07, 6.45) is -0.482. The van der Waals surface area contributed by atoms with Crippen LogP contribution in [0.2, 0.25) is 0 Å². The predicted octanol–water partition coefficient (Wildman–Crippen LogP) is 1.51. The Hall–Kier alpha value is -1.73. The Kier molecular flexibility index (Phi) is 4.50. The molecule has 2 aliphatic heterocycles. The molecule has 0 aliphatic carbocycles. The number of ether oxygens (including phenoxy) is 1. The minimum atomic E-state index is -0.921. The van der Waals surface area contributed by atoms with E-state index in [0.717, 1.165) is 24.3 Å². The molecule has 2 fully saturated rings. The van der Waals surface area contributed by atoms with Crippen LogP contribution in [0.4, 0.5) is 10.5 Å². The van der Waals surface area contributed by atoms with Crippen molar-refractivity contribution in [2.24, 2.45) is 5.73 Å². The number of carbonyl (C=O) groups is 2. The second-order valence-corrected chi connectivity index (χ2v) is 7.69. The third-order valence-corrected chi connectivity index (χ3v) is 5.85. The standard InChI is InChI=1S/C16H20N2O4S/c1-10(19)14-15(17)18(16(20)22-14)13-4-2-11(3-5-13)12-6-8-23(21)9-7-12/h2-5,12,14-15H,6-9,17H2,1H3. The van der Waals surface area contributed by atoms with Crippen molar-refractivity contribution < 1.29 is 18.5 Å². The summed E-state index contributed by atoms with van der Waals surface area (Å²) in [7, 11) is -0.677. The SMILES string of the molecule is CC(=O)C1OC(=O)N(c2ccc(C3CCS(=O)CC3)cc2)C1N. The molecule has 0 saturated carbocycles. The van der Waals surface area contributed by atoms with Crippen LogP contribution in [0.25, 0.3) is 0 Å². The van der Waals surface area contributed by atoms with E-state index < -0.39 is 29.2 Å². The van der Waals surface area contributed by atoms with Gasteiger partial charge in [0.25, 0.3) is 0 Å². The number of nitrogens with two attached hydrogens (primary N) is 1. The van der Waals surface area contributed by atoms with E-state index in [9.17, 15) is 13.8 Å². The number of hydrogen-bond donors (Lipinski definition) is 1. The lowest BCUT2D eigenvalue weighted by molar-refractivity contribution is -0.124. The fourth-order valence-corrected chi connectivity index (χ4v) is 4.43. The Morgan fingerprint density at radius 2 is 1.87 bits per heavy atom. The minimum absolute atomic E-state index is 0.264. The molecule has 7 heteroatoms. The van der Waals surface area contributed by atoms with Crippen molar-refractivity contribution in [3.63, 3.8) is 0 Å². The van der Waals surface area contributed by atoms with Crippen LogP contribution in [-0.2, 0) is 20.3 Å². The highest BCUT2D eigenvalue weighted by Gasteiger charge is 2.42. The molecular formula is C16H20N2O4S. The smallest absolute Gasteiger partial charge is 0.416 e. The monoisotopic (exact) mass is 336 g/mol. The number of amides is 1. The first kappa shape index (κ1) is 16.1. The van der Waals surface area contributed by atoms with E-state index in [4.69, 9.17) is 10.5 Å². The molecule has 1 aromatic rings. The minimum Gasteiger partial charge on any atom is -0.434 e. The summed E-state index contributed by atoms with van der Waals surface area (Å²) in [5.74, 6) is 1.64. The summed E-state index contributed by atoms with van der Waals surface area (Å²) in [4.78, 5) is 24.7. The van der Waals surface area contributed by atoms with Crippen molar-refractivity contribution in [2.45, 2.75) is 38.0 Å². The lowest BCUT2D eigenvalue weighted by atomic mass is 9.93. The van der Waals surface area contributed by atoms with E-state index in [1.54, 1.807) is 0 Å². The number of hydrogen-bond acceptors (Lipinski definition) is 5. The summed E-state index contributed by atoms with van der Waals surface area (Å²) < 4.78 is 16.5. The van der Waals surface area contributed by atoms with Crippen molar-refractivity contribution >= 4 is 28.4 Å². The lowest BCUT2D eigenvalue weighted by Gasteiger charge is -2.23. The number of benzene rings is 1. The van der Waals surface area contributed by atoms with Gasteiger partial charge in [0.15, 0.2) is 11.9 Å². The molecule has 3 rings (SSSR count). The zero-order chi connectivity index (χ0) is 16.6. The number of nitrogens with zero attached hydrogens (tertiary/aromatic N) is 1. The molecule has 0 radical (unpaired) electrons. The molecule has 2 heterocycles. The molecule has 1 amide bonds. The van der Waals surface area contributed by atoms with Crippen LogP contribution in [-0.4, -0.2) is 39.9 Å². The first-order valence-electron chi connectivity index (χ1n) is 7.68.